The maximum absolute atomic E-state index is 12.1. The van der Waals surface area contributed by atoms with Gasteiger partial charge in [0, 0.05) is 25.7 Å². The number of nitrogens with zero attached hydrogens (tertiary/aromatic N) is 2. The molecule has 0 aromatic rings. The zero-order chi connectivity index (χ0) is 15.4. The number of carbonyl (C=O) groups is 3. The first-order chi connectivity index (χ1) is 10.1. The van der Waals surface area contributed by atoms with E-state index >= 15 is 0 Å². The van der Waals surface area contributed by atoms with Gasteiger partial charge in [-0.15, -0.1) is 12.4 Å². The van der Waals surface area contributed by atoms with E-state index in [1.165, 1.54) is 9.80 Å². The van der Waals surface area contributed by atoms with Crippen LogP contribution in [0.2, 0.25) is 0 Å². The Morgan fingerprint density at radius 3 is 2.50 bits per heavy atom. The summed E-state index contributed by atoms with van der Waals surface area (Å²) in [5.74, 6) is -0.980. The van der Waals surface area contributed by atoms with E-state index in [0.29, 0.717) is 32.1 Å². The topological polar surface area (TPSA) is 95.7 Å². The zero-order valence-electron chi connectivity index (χ0n) is 12.9. The summed E-state index contributed by atoms with van der Waals surface area (Å²) >= 11 is 0. The third-order valence-corrected chi connectivity index (χ3v) is 4.42. The number of likely N-dealkylation sites (N-methyl/N-ethyl adjacent to an activating group) is 1. The van der Waals surface area contributed by atoms with Crippen LogP contribution in [-0.4, -0.2) is 66.3 Å². The van der Waals surface area contributed by atoms with Crippen molar-refractivity contribution < 1.29 is 14.4 Å². The van der Waals surface area contributed by atoms with Crippen LogP contribution in [0.4, 0.5) is 0 Å². The van der Waals surface area contributed by atoms with Gasteiger partial charge in [0.05, 0.1) is 0 Å². The predicted molar refractivity (Wildman–Crippen MR) is 84.4 cm³/mol. The van der Waals surface area contributed by atoms with Crippen molar-refractivity contribution in [2.24, 2.45) is 11.7 Å². The largest absolute Gasteiger partial charge is 0.352 e. The van der Waals surface area contributed by atoms with Gasteiger partial charge in [-0.25, -0.2) is 0 Å². The second-order valence-electron chi connectivity index (χ2n) is 5.71. The maximum Gasteiger partial charge on any atom is 0.312 e. The Hall–Kier alpha value is -1.34. The first-order valence-corrected chi connectivity index (χ1v) is 7.64. The Kier molecular flexibility index (Phi) is 7.09. The molecule has 1 aliphatic carbocycles. The summed E-state index contributed by atoms with van der Waals surface area (Å²) in [5.41, 5.74) is 5.69. The minimum absolute atomic E-state index is 0. The van der Waals surface area contributed by atoms with Crippen LogP contribution in [0.5, 0.6) is 0 Å². The highest BCUT2D eigenvalue weighted by Crippen LogP contribution is 2.24. The van der Waals surface area contributed by atoms with Gasteiger partial charge in [0.2, 0.25) is 5.91 Å². The van der Waals surface area contributed by atoms with Gasteiger partial charge in [-0.1, -0.05) is 6.42 Å². The van der Waals surface area contributed by atoms with Crippen molar-refractivity contribution in [1.82, 2.24) is 15.1 Å². The Bertz CT molecular complexity index is 432. The standard InChI is InChI=1S/C14H24N4O3.ClH/c1-2-17-6-7-18(14(21)13(17)20)9-12(19)16-11-5-3-4-10(11)8-15;/h10-11H,2-9,15H2,1H3,(H,16,19);1H. The smallest absolute Gasteiger partial charge is 0.312 e. The molecule has 22 heavy (non-hydrogen) atoms. The Balaban J connectivity index is 0.00000242. The third-order valence-electron chi connectivity index (χ3n) is 4.42. The van der Waals surface area contributed by atoms with E-state index in [1.54, 1.807) is 0 Å². The molecule has 7 nitrogen and oxygen atoms in total. The van der Waals surface area contributed by atoms with E-state index in [2.05, 4.69) is 5.32 Å². The lowest BCUT2D eigenvalue weighted by molar-refractivity contribution is -0.156. The van der Waals surface area contributed by atoms with Crippen molar-refractivity contribution in [3.05, 3.63) is 0 Å². The number of rotatable bonds is 5. The molecular formula is C14H25ClN4O3. The maximum atomic E-state index is 12.1. The molecule has 1 saturated heterocycles. The number of hydrogen-bond acceptors (Lipinski definition) is 4. The molecule has 2 atom stereocenters. The second kappa shape index (κ2) is 8.33. The first kappa shape index (κ1) is 18.7. The van der Waals surface area contributed by atoms with Crippen LogP contribution in [0.1, 0.15) is 26.2 Å². The molecule has 1 aliphatic heterocycles. The summed E-state index contributed by atoms with van der Waals surface area (Å²) < 4.78 is 0. The number of piperazine rings is 1. The van der Waals surface area contributed by atoms with E-state index < -0.39 is 11.8 Å². The molecule has 1 heterocycles. The SMILES string of the molecule is CCN1CCN(CC(=O)NC2CCCC2CN)C(=O)C1=O.Cl. The van der Waals surface area contributed by atoms with E-state index in [1.807, 2.05) is 6.92 Å². The molecule has 3 amide bonds. The molecule has 0 bridgehead atoms. The van der Waals surface area contributed by atoms with Crippen LogP contribution in [0, 0.1) is 5.92 Å². The molecule has 0 aromatic carbocycles. The Morgan fingerprint density at radius 2 is 1.86 bits per heavy atom. The van der Waals surface area contributed by atoms with Crippen LogP contribution in [0.25, 0.3) is 0 Å². The van der Waals surface area contributed by atoms with Gasteiger partial charge >= 0.3 is 11.8 Å². The van der Waals surface area contributed by atoms with Gasteiger partial charge in [-0.2, -0.15) is 0 Å². The summed E-state index contributed by atoms with van der Waals surface area (Å²) in [5, 5.41) is 2.95. The normalized spacial score (nSPS) is 25.2. The fraction of sp³-hybridized carbons (Fsp3) is 0.786. The first-order valence-electron chi connectivity index (χ1n) is 7.64. The van der Waals surface area contributed by atoms with Crippen LogP contribution < -0.4 is 11.1 Å². The number of carbonyl (C=O) groups excluding carboxylic acids is 3. The fourth-order valence-corrected chi connectivity index (χ4v) is 3.10. The van der Waals surface area contributed by atoms with E-state index in [4.69, 9.17) is 5.73 Å². The Morgan fingerprint density at radius 1 is 1.23 bits per heavy atom. The molecule has 3 N–H and O–H groups in total. The number of nitrogens with two attached hydrogens (primary N) is 1. The molecule has 126 valence electrons. The van der Waals surface area contributed by atoms with Gasteiger partial charge < -0.3 is 20.9 Å². The lowest BCUT2D eigenvalue weighted by atomic mass is 10.0. The Labute approximate surface area is 137 Å². The second-order valence-corrected chi connectivity index (χ2v) is 5.71. The van der Waals surface area contributed by atoms with Crippen LogP contribution in [0.3, 0.4) is 0 Å². The molecule has 2 rings (SSSR count). The summed E-state index contributed by atoms with van der Waals surface area (Å²) in [4.78, 5) is 38.6. The number of halogens is 1. The van der Waals surface area contributed by atoms with Crippen molar-refractivity contribution in [1.29, 1.82) is 0 Å². The van der Waals surface area contributed by atoms with Crippen LogP contribution in [0.15, 0.2) is 0 Å². The van der Waals surface area contributed by atoms with Crippen LogP contribution in [-0.2, 0) is 14.4 Å². The minimum atomic E-state index is -0.583. The highest BCUT2D eigenvalue weighted by Gasteiger charge is 2.33. The average Bonchev–Trinajstić information content (AvgIpc) is 2.91. The number of amides is 3. The van der Waals surface area contributed by atoms with Gasteiger partial charge in [0.1, 0.15) is 6.54 Å². The number of nitrogens with one attached hydrogen (secondary N) is 1. The van der Waals surface area contributed by atoms with Crippen LogP contribution >= 0.6 is 12.4 Å². The van der Waals surface area contributed by atoms with Crippen molar-refractivity contribution in [3.63, 3.8) is 0 Å². The molecule has 2 unspecified atom stereocenters. The molecule has 0 spiro atoms. The van der Waals surface area contributed by atoms with Crippen molar-refractivity contribution in [2.45, 2.75) is 32.2 Å². The fourth-order valence-electron chi connectivity index (χ4n) is 3.10. The molecule has 0 radical (unpaired) electrons. The van der Waals surface area contributed by atoms with Gasteiger partial charge in [-0.3, -0.25) is 14.4 Å². The minimum Gasteiger partial charge on any atom is -0.352 e. The van der Waals surface area contributed by atoms with Crippen molar-refractivity contribution in [3.8, 4) is 0 Å². The highest BCUT2D eigenvalue weighted by molar-refractivity contribution is 6.35. The summed E-state index contributed by atoms with van der Waals surface area (Å²) in [6.07, 6.45) is 3.04. The molecule has 1 saturated carbocycles. The highest BCUT2D eigenvalue weighted by atomic mass is 35.5. The summed E-state index contributed by atoms with van der Waals surface area (Å²) in [6, 6.07) is 0.102. The molecular weight excluding hydrogens is 308 g/mol. The van der Waals surface area contributed by atoms with Gasteiger partial charge in [0.15, 0.2) is 0 Å². The van der Waals surface area contributed by atoms with Crippen molar-refractivity contribution >= 4 is 30.1 Å². The summed E-state index contributed by atoms with van der Waals surface area (Å²) in [7, 11) is 0. The quantitative estimate of drug-likeness (QED) is 0.653. The lowest BCUT2D eigenvalue weighted by Gasteiger charge is -2.33. The van der Waals surface area contributed by atoms with Gasteiger partial charge in [0.25, 0.3) is 0 Å². The molecule has 8 heteroatoms. The summed E-state index contributed by atoms with van der Waals surface area (Å²) in [6.45, 7) is 3.78. The average molecular weight is 333 g/mol. The molecule has 2 aliphatic rings. The van der Waals surface area contributed by atoms with E-state index in [9.17, 15) is 14.4 Å². The van der Waals surface area contributed by atoms with Gasteiger partial charge in [-0.05, 0) is 32.2 Å². The predicted octanol–water partition coefficient (Wildman–Crippen LogP) is -0.657. The lowest BCUT2D eigenvalue weighted by Crippen LogP contribution is -2.56. The molecule has 2 fully saturated rings. The van der Waals surface area contributed by atoms with E-state index in [-0.39, 0.29) is 30.9 Å². The van der Waals surface area contributed by atoms with Crippen molar-refractivity contribution in [2.75, 3.05) is 32.7 Å². The number of hydrogen-bond donors (Lipinski definition) is 2. The zero-order valence-corrected chi connectivity index (χ0v) is 13.7. The molecule has 0 aromatic heterocycles. The third kappa shape index (κ3) is 4.10. The van der Waals surface area contributed by atoms with E-state index in [0.717, 1.165) is 19.3 Å². The monoisotopic (exact) mass is 332 g/mol.